The number of esters is 2. The summed E-state index contributed by atoms with van der Waals surface area (Å²) in [6.07, 6.45) is 8.85. The summed E-state index contributed by atoms with van der Waals surface area (Å²) in [6.45, 7) is 40.1. The number of benzene rings is 6. The van der Waals surface area contributed by atoms with Crippen molar-refractivity contribution in [3.63, 3.8) is 0 Å². The van der Waals surface area contributed by atoms with Gasteiger partial charge in [0.05, 0.1) is 115 Å². The third kappa shape index (κ3) is 18.6. The van der Waals surface area contributed by atoms with Crippen LogP contribution in [0.4, 0.5) is 0 Å². The molecule has 20 heteroatoms. The van der Waals surface area contributed by atoms with Gasteiger partial charge in [-0.1, -0.05) is 36.4 Å². The molecule has 2 fully saturated rings. The van der Waals surface area contributed by atoms with E-state index in [4.69, 9.17) is 72.3 Å². The van der Waals surface area contributed by atoms with Crippen molar-refractivity contribution in [2.24, 2.45) is 22.7 Å². The summed E-state index contributed by atoms with van der Waals surface area (Å²) in [5.41, 5.74) is 20.6. The maximum absolute atomic E-state index is 12.9. The van der Waals surface area contributed by atoms with E-state index in [0.717, 1.165) is 172 Å². The third-order valence-electron chi connectivity index (χ3n) is 22.2. The summed E-state index contributed by atoms with van der Waals surface area (Å²) >= 11 is 0. The van der Waals surface area contributed by atoms with E-state index < -0.39 is 45.9 Å². The van der Waals surface area contributed by atoms with Crippen LogP contribution in [-0.2, 0) is 87.1 Å². The van der Waals surface area contributed by atoms with Gasteiger partial charge in [0.1, 0.15) is 31.5 Å². The van der Waals surface area contributed by atoms with Gasteiger partial charge in [0.2, 0.25) is 17.3 Å². The van der Waals surface area contributed by atoms with Gasteiger partial charge >= 0.3 is 11.9 Å². The topological polar surface area (TPSA) is 244 Å². The molecule has 6 aromatic carbocycles. The Labute approximate surface area is 696 Å². The van der Waals surface area contributed by atoms with Crippen LogP contribution < -0.4 is 15.0 Å². The number of aryl methyl sites for hydroxylation is 3. The van der Waals surface area contributed by atoms with Crippen molar-refractivity contribution < 1.29 is 62.1 Å². The normalized spacial score (nSPS) is 15.6. The molecule has 17 rings (SSSR count). The van der Waals surface area contributed by atoms with E-state index >= 15 is 0 Å². The Morgan fingerprint density at radius 2 is 0.773 bits per heavy atom. The lowest BCUT2D eigenvalue weighted by Gasteiger charge is -2.31. The van der Waals surface area contributed by atoms with Gasteiger partial charge in [-0.25, -0.2) is 9.97 Å². The summed E-state index contributed by atoms with van der Waals surface area (Å²) in [4.78, 5) is 65.5. The van der Waals surface area contributed by atoms with E-state index in [2.05, 4.69) is 79.5 Å². The molecule has 0 spiro atoms. The maximum atomic E-state index is 12.9. The van der Waals surface area contributed by atoms with Crippen molar-refractivity contribution in [1.29, 1.82) is 0 Å². The predicted molar refractivity (Wildman–Crippen MR) is 465 cm³/mol. The molecule has 622 valence electrons. The summed E-state index contributed by atoms with van der Waals surface area (Å²) in [6, 6.07) is 36.4. The van der Waals surface area contributed by atoms with Gasteiger partial charge in [-0.05, 0) is 300 Å². The number of aromatic amines is 1. The third-order valence-corrected chi connectivity index (χ3v) is 22.2. The number of aliphatic hydroxyl groups is 1. The van der Waals surface area contributed by atoms with E-state index in [0.29, 0.717) is 69.8 Å². The molecule has 0 saturated heterocycles. The van der Waals surface area contributed by atoms with Crippen molar-refractivity contribution in [1.82, 2.24) is 29.9 Å². The van der Waals surface area contributed by atoms with Crippen LogP contribution in [0.15, 0.2) is 133 Å². The summed E-state index contributed by atoms with van der Waals surface area (Å²) in [7, 11) is 0. The number of nitrogens with one attached hydrogen (secondary N) is 1. The number of hydrogen-bond donors (Lipinski definition) is 2. The van der Waals surface area contributed by atoms with Crippen molar-refractivity contribution in [2.45, 2.75) is 225 Å². The lowest BCUT2D eigenvalue weighted by molar-refractivity contribution is -0.162. The second-order valence-electron chi connectivity index (χ2n) is 37.6. The highest BCUT2D eigenvalue weighted by Gasteiger charge is 2.36. The highest BCUT2D eigenvalue weighted by molar-refractivity contribution is 6.10. The number of pyridine rings is 6. The molecule has 2 saturated carbocycles. The number of nitrogens with zero attached hydrogens (tertiary/aromatic N) is 5. The molecule has 0 amide bonds. The number of carbonyl (C=O) groups excluding carboxylic acids is 2. The van der Waals surface area contributed by atoms with E-state index in [1.54, 1.807) is 0 Å². The average Bonchev–Trinajstić information content (AvgIpc) is 1.08. The van der Waals surface area contributed by atoms with Gasteiger partial charge in [0.15, 0.2) is 0 Å². The Morgan fingerprint density at radius 1 is 0.437 bits per heavy atom. The number of aromatic nitrogens is 6. The van der Waals surface area contributed by atoms with Crippen LogP contribution >= 0.6 is 0 Å². The Balaban J connectivity index is 0.000000140. The zero-order valence-corrected chi connectivity index (χ0v) is 72.1. The number of rotatable bonds is 20. The van der Waals surface area contributed by atoms with Crippen LogP contribution in [0, 0.1) is 43.4 Å². The second-order valence-corrected chi connectivity index (χ2v) is 37.6. The highest BCUT2D eigenvalue weighted by atomic mass is 16.6. The first kappa shape index (κ1) is 83.9. The van der Waals surface area contributed by atoms with Crippen LogP contribution in [0.5, 0.6) is 11.8 Å². The lowest BCUT2D eigenvalue weighted by Crippen LogP contribution is -2.30. The zero-order valence-electron chi connectivity index (χ0n) is 72.1. The van der Waals surface area contributed by atoms with Gasteiger partial charge in [0.25, 0.3) is 0 Å². The minimum Gasteiger partial charge on any atom is -0.477 e. The number of ether oxygens (including phenoxy) is 10. The van der Waals surface area contributed by atoms with Crippen LogP contribution in [0.25, 0.3) is 98.8 Å². The molecule has 0 bridgehead atoms. The van der Waals surface area contributed by atoms with Crippen molar-refractivity contribution in [3.8, 4) is 45.1 Å². The Morgan fingerprint density at radius 3 is 1.13 bits per heavy atom. The lowest BCUT2D eigenvalue weighted by atomic mass is 9.86. The fourth-order valence-electron chi connectivity index (χ4n) is 16.4. The van der Waals surface area contributed by atoms with Crippen molar-refractivity contribution in [3.05, 3.63) is 205 Å². The fourth-order valence-corrected chi connectivity index (χ4v) is 16.4. The molecule has 2 N–H and O–H groups in total. The van der Waals surface area contributed by atoms with Gasteiger partial charge in [-0.15, -0.1) is 0 Å². The molecule has 5 aliphatic rings. The first-order valence-electron chi connectivity index (χ1n) is 41.8. The standard InChI is InChI=1S/C36H42N2O5.C32H36N2O5.C31H34N2O4/c1-21-16-27-25(12-13-29(38-27)41-17-22-8-9-22)32(26-11-10-23-18-40-19-24-14-15-37-33(26)31(23)24)30(21)28(43-36(5,6)7)20-42-34(39)35(2,3)4;1-18-14-23-21(10-11-25(35)34-23)28(22-9-8-19-15-37-16-20-12-13-33-29(22)27(19)20)26(18)24(39-32(5,6)7)17-38-30(36)31(2,3)4;1-18-13-24-22(9-10-26(33-24)36-15-19-5-6-19)29(27(18)25(14-34)37-31(2,3)4)23-8-7-20-16-35-17-21-11-12-32-30(23)28(20)21/h10-16,22,28H,8-9,17-20H2,1-7H3;8-14,24H,15-17H2,1-7H3,(H,34,35);7-13,19,25,34H,5-6,14-17H2,1-4H3/t28-;24-;25-/m111/s1. The monoisotopic (exact) mass is 1610 g/mol. The van der Waals surface area contributed by atoms with Gasteiger partial charge in [-0.2, -0.15) is 0 Å². The van der Waals surface area contributed by atoms with Crippen LogP contribution in [-0.4, -0.2) is 96.8 Å². The summed E-state index contributed by atoms with van der Waals surface area (Å²) in [5, 5.41) is 16.8. The van der Waals surface area contributed by atoms with Crippen LogP contribution in [0.3, 0.4) is 0 Å². The Hall–Kier alpha value is -10.2. The molecule has 20 nitrogen and oxygen atoms in total. The van der Waals surface area contributed by atoms with Gasteiger partial charge in [0, 0.05) is 91.3 Å². The van der Waals surface area contributed by atoms with Gasteiger partial charge in [-0.3, -0.25) is 29.3 Å². The first-order valence-corrected chi connectivity index (χ1v) is 41.8. The predicted octanol–water partition coefficient (Wildman–Crippen LogP) is 21.0. The minimum absolute atomic E-state index is 0.0542. The maximum Gasteiger partial charge on any atom is 0.311 e. The first-order chi connectivity index (χ1) is 56.5. The fraction of sp³-hybridized carbons (Fsp3) is 0.434. The van der Waals surface area contributed by atoms with E-state index in [1.807, 2.05) is 172 Å². The minimum atomic E-state index is -0.644. The number of H-pyrrole nitrogens is 1. The number of hydrogen-bond acceptors (Lipinski definition) is 19. The van der Waals surface area contributed by atoms with Crippen LogP contribution in [0.1, 0.15) is 215 Å². The number of fused-ring (bicyclic) bond motifs is 3. The largest absolute Gasteiger partial charge is 0.477 e. The van der Waals surface area contributed by atoms with Crippen molar-refractivity contribution in [2.75, 3.05) is 33.0 Å². The molecule has 3 atom stereocenters. The molecular formula is C99H112N6O14. The quantitative estimate of drug-likeness (QED) is 0.0674. The molecule has 2 aliphatic carbocycles. The SMILES string of the molecule is Cc1cc2[nH]c(=O)ccc2c(-c2ccc3c4c(ccnc24)COC3)c1[C@@H](COC(=O)C(C)(C)C)OC(C)(C)C.Cc1cc2nc(OCC3CC3)ccc2c(-c2ccc3c4c(ccnc24)COC3)c1[C@@H](CO)OC(C)(C)C.Cc1cc2nc(OCC3CC3)ccc2c(-c2ccc3c4c(ccnc24)COC3)c1[C@@H](COC(=O)C(C)(C)C)OC(C)(C)C. The smallest absolute Gasteiger partial charge is 0.311 e. The molecule has 12 aromatic rings. The molecule has 0 unspecified atom stereocenters. The molecule has 9 heterocycles. The van der Waals surface area contributed by atoms with Crippen molar-refractivity contribution >= 4 is 77.4 Å². The second kappa shape index (κ2) is 33.4. The summed E-state index contributed by atoms with van der Waals surface area (Å²) < 4.78 is 61.0. The Bertz CT molecular complexity index is 5940. The molecular weight excluding hydrogens is 1500 g/mol. The highest BCUT2D eigenvalue weighted by Crippen LogP contribution is 2.49. The van der Waals surface area contributed by atoms with Crippen LogP contribution in [0.2, 0.25) is 0 Å². The van der Waals surface area contributed by atoms with E-state index in [-0.39, 0.29) is 37.3 Å². The molecule has 3 aliphatic heterocycles. The Kier molecular flexibility index (Phi) is 23.6. The number of carbonyl (C=O) groups is 2. The van der Waals surface area contributed by atoms with E-state index in [1.165, 1.54) is 31.7 Å². The number of aliphatic hydroxyl groups excluding tert-OH is 1. The molecule has 6 aromatic heterocycles. The molecule has 0 radical (unpaired) electrons. The zero-order chi connectivity index (χ0) is 84.4. The van der Waals surface area contributed by atoms with Gasteiger partial charge < -0.3 is 57.5 Å². The molecule has 119 heavy (non-hydrogen) atoms. The average molecular weight is 1610 g/mol. The summed E-state index contributed by atoms with van der Waals surface area (Å²) in [5.74, 6) is 2.01. The van der Waals surface area contributed by atoms with E-state index in [9.17, 15) is 19.5 Å².